The van der Waals surface area contributed by atoms with E-state index >= 15 is 0 Å². The van der Waals surface area contributed by atoms with Crippen LogP contribution in [0.4, 0.5) is 17.5 Å². The van der Waals surface area contributed by atoms with Gasteiger partial charge < -0.3 is 11.1 Å². The average molecular weight is 251 g/mol. The average Bonchev–Trinajstić information content (AvgIpc) is 2.29. The Morgan fingerprint density at radius 1 is 1.41 bits per heavy atom. The van der Waals surface area contributed by atoms with E-state index in [2.05, 4.69) is 15.4 Å². The number of nitrogens with one attached hydrogen (secondary N) is 2. The fourth-order valence-electron chi connectivity index (χ4n) is 1.28. The van der Waals surface area contributed by atoms with Crippen LogP contribution in [-0.4, -0.2) is 14.8 Å². The Morgan fingerprint density at radius 3 is 2.76 bits per heavy atom. The number of benzene rings is 1. The Bertz CT molecular complexity index is 580. The zero-order chi connectivity index (χ0) is 12.4. The van der Waals surface area contributed by atoms with Crippen molar-refractivity contribution in [3.63, 3.8) is 0 Å². The predicted octanol–water partition coefficient (Wildman–Crippen LogP) is 1.27. The molecule has 0 spiro atoms. The number of nitrogen functional groups attached to an aromatic ring is 1. The van der Waals surface area contributed by atoms with E-state index in [1.165, 1.54) is 4.68 Å². The number of hydrogen-bond acceptors (Lipinski definition) is 5. The molecule has 1 aromatic heterocycles. The van der Waals surface area contributed by atoms with E-state index in [9.17, 15) is 0 Å². The van der Waals surface area contributed by atoms with Crippen molar-refractivity contribution in [2.45, 2.75) is 0 Å². The minimum atomic E-state index is 0.0645. The Hall–Kier alpha value is -2.08. The highest BCUT2D eigenvalue weighted by Crippen LogP contribution is 2.22. The standard InChI is InChI=1S/C10H11ClN6/c1-17-9(13)8(12)15-10(16-17)14-7-5-3-2-4-6(7)11/h2-5,13H,1H3,(H3,12,14,15,16). The summed E-state index contributed by atoms with van der Waals surface area (Å²) in [6.45, 7) is 0. The molecule has 2 aromatic rings. The van der Waals surface area contributed by atoms with Gasteiger partial charge in [-0.2, -0.15) is 4.98 Å². The van der Waals surface area contributed by atoms with Gasteiger partial charge in [0.25, 0.3) is 0 Å². The van der Waals surface area contributed by atoms with Gasteiger partial charge in [0, 0.05) is 7.05 Å². The molecule has 0 amide bonds. The molecule has 0 atom stereocenters. The summed E-state index contributed by atoms with van der Waals surface area (Å²) in [7, 11) is 1.62. The van der Waals surface area contributed by atoms with Crippen LogP contribution in [0.3, 0.4) is 0 Å². The number of nitrogens with two attached hydrogens (primary N) is 1. The van der Waals surface area contributed by atoms with Crippen LogP contribution in [0.5, 0.6) is 0 Å². The van der Waals surface area contributed by atoms with E-state index in [-0.39, 0.29) is 11.3 Å². The normalized spacial score (nSPS) is 10.2. The number of hydrogen-bond donors (Lipinski definition) is 3. The number of rotatable bonds is 2. The van der Waals surface area contributed by atoms with Crippen molar-refractivity contribution in [1.82, 2.24) is 14.8 Å². The van der Waals surface area contributed by atoms with Gasteiger partial charge >= 0.3 is 0 Å². The number of anilines is 3. The van der Waals surface area contributed by atoms with E-state index in [1.807, 2.05) is 12.1 Å². The van der Waals surface area contributed by atoms with Gasteiger partial charge in [0.2, 0.25) is 5.95 Å². The van der Waals surface area contributed by atoms with Gasteiger partial charge in [-0.25, -0.2) is 4.68 Å². The number of aromatic nitrogens is 3. The molecule has 88 valence electrons. The lowest BCUT2D eigenvalue weighted by molar-refractivity contribution is 0.675. The number of nitrogens with zero attached hydrogens (tertiary/aromatic N) is 3. The molecule has 0 fully saturated rings. The van der Waals surface area contributed by atoms with Crippen molar-refractivity contribution in [2.24, 2.45) is 7.05 Å². The van der Waals surface area contributed by atoms with Crippen molar-refractivity contribution >= 4 is 29.1 Å². The Balaban J connectivity index is 2.38. The molecule has 6 nitrogen and oxygen atoms in total. The summed E-state index contributed by atoms with van der Waals surface area (Å²) in [4.78, 5) is 3.96. The molecular formula is C10H11ClN6. The maximum absolute atomic E-state index is 7.52. The van der Waals surface area contributed by atoms with Crippen LogP contribution in [-0.2, 0) is 7.05 Å². The van der Waals surface area contributed by atoms with Gasteiger partial charge in [0.1, 0.15) is 0 Å². The van der Waals surface area contributed by atoms with Crippen LogP contribution >= 0.6 is 11.6 Å². The van der Waals surface area contributed by atoms with Crippen LogP contribution in [0, 0.1) is 5.41 Å². The Morgan fingerprint density at radius 2 is 2.12 bits per heavy atom. The van der Waals surface area contributed by atoms with Gasteiger partial charge in [-0.15, -0.1) is 5.10 Å². The first-order chi connectivity index (χ1) is 8.08. The molecule has 0 aliphatic rings. The van der Waals surface area contributed by atoms with Crippen LogP contribution in [0.15, 0.2) is 24.3 Å². The van der Waals surface area contributed by atoms with E-state index < -0.39 is 0 Å². The summed E-state index contributed by atoms with van der Waals surface area (Å²) < 4.78 is 1.33. The van der Waals surface area contributed by atoms with Crippen LogP contribution < -0.4 is 16.5 Å². The number of para-hydroxylation sites is 1. The third-order valence-corrected chi connectivity index (χ3v) is 2.49. The predicted molar refractivity (Wildman–Crippen MR) is 66.0 cm³/mol. The molecule has 0 unspecified atom stereocenters. The van der Waals surface area contributed by atoms with Crippen molar-refractivity contribution < 1.29 is 0 Å². The number of aryl methyl sites for hydroxylation is 1. The smallest absolute Gasteiger partial charge is 0.247 e. The summed E-state index contributed by atoms with van der Waals surface area (Å²) in [5, 5.41) is 15.1. The van der Waals surface area contributed by atoms with Gasteiger partial charge in [0.15, 0.2) is 11.3 Å². The molecule has 1 heterocycles. The first-order valence-electron chi connectivity index (χ1n) is 4.85. The third-order valence-electron chi connectivity index (χ3n) is 2.16. The molecule has 0 bridgehead atoms. The first-order valence-corrected chi connectivity index (χ1v) is 5.22. The van der Waals surface area contributed by atoms with Crippen molar-refractivity contribution in [1.29, 1.82) is 5.41 Å². The summed E-state index contributed by atoms with van der Waals surface area (Å²) in [6, 6.07) is 7.23. The zero-order valence-corrected chi connectivity index (χ0v) is 9.86. The topological polar surface area (TPSA) is 92.6 Å². The lowest BCUT2D eigenvalue weighted by Crippen LogP contribution is -2.25. The third kappa shape index (κ3) is 2.36. The fraction of sp³-hybridized carbons (Fsp3) is 0.100. The molecule has 0 saturated carbocycles. The Kier molecular flexibility index (Phi) is 2.97. The Labute approximate surface area is 103 Å². The first kappa shape index (κ1) is 11.4. The quantitative estimate of drug-likeness (QED) is 0.748. The largest absolute Gasteiger partial charge is 0.380 e. The van der Waals surface area contributed by atoms with Crippen molar-refractivity contribution in [3.05, 3.63) is 34.8 Å². The van der Waals surface area contributed by atoms with Gasteiger partial charge in [-0.05, 0) is 12.1 Å². The highest BCUT2D eigenvalue weighted by atomic mass is 35.5. The lowest BCUT2D eigenvalue weighted by Gasteiger charge is -2.08. The summed E-state index contributed by atoms with van der Waals surface area (Å²) >= 11 is 5.99. The second kappa shape index (κ2) is 4.42. The van der Waals surface area contributed by atoms with E-state index in [0.29, 0.717) is 16.7 Å². The van der Waals surface area contributed by atoms with Crippen molar-refractivity contribution in [2.75, 3.05) is 11.1 Å². The highest BCUT2D eigenvalue weighted by molar-refractivity contribution is 6.33. The minimum absolute atomic E-state index is 0.0645. The molecule has 0 radical (unpaired) electrons. The van der Waals surface area contributed by atoms with Crippen LogP contribution in [0.25, 0.3) is 0 Å². The summed E-state index contributed by atoms with van der Waals surface area (Å²) in [5.74, 6) is 0.408. The van der Waals surface area contributed by atoms with Crippen LogP contribution in [0.1, 0.15) is 0 Å². The molecule has 17 heavy (non-hydrogen) atoms. The summed E-state index contributed by atoms with van der Waals surface area (Å²) in [5.41, 5.74) is 6.33. The van der Waals surface area contributed by atoms with Gasteiger partial charge in [0.05, 0.1) is 10.7 Å². The molecule has 1 aromatic carbocycles. The monoisotopic (exact) mass is 250 g/mol. The van der Waals surface area contributed by atoms with Gasteiger partial charge in [-0.3, -0.25) is 5.41 Å². The highest BCUT2D eigenvalue weighted by Gasteiger charge is 2.04. The second-order valence-corrected chi connectivity index (χ2v) is 3.80. The maximum Gasteiger partial charge on any atom is 0.247 e. The minimum Gasteiger partial charge on any atom is -0.380 e. The fourth-order valence-corrected chi connectivity index (χ4v) is 1.47. The molecule has 2 rings (SSSR count). The molecule has 4 N–H and O–H groups in total. The molecule has 0 aliphatic carbocycles. The van der Waals surface area contributed by atoms with E-state index in [0.717, 1.165) is 0 Å². The summed E-state index contributed by atoms with van der Waals surface area (Å²) in [6.07, 6.45) is 0. The molecule has 0 aliphatic heterocycles. The molecule has 7 heteroatoms. The SMILES string of the molecule is Cn1nc(Nc2ccccc2Cl)nc(N)c1=N. The molecular weight excluding hydrogens is 240 g/mol. The molecule has 0 saturated heterocycles. The van der Waals surface area contributed by atoms with Crippen LogP contribution in [0.2, 0.25) is 5.02 Å². The second-order valence-electron chi connectivity index (χ2n) is 3.40. The zero-order valence-electron chi connectivity index (χ0n) is 9.11. The maximum atomic E-state index is 7.52. The lowest BCUT2D eigenvalue weighted by atomic mass is 10.3. The number of halogens is 1. The van der Waals surface area contributed by atoms with E-state index in [1.54, 1.807) is 19.2 Å². The van der Waals surface area contributed by atoms with Crippen molar-refractivity contribution in [3.8, 4) is 0 Å². The van der Waals surface area contributed by atoms with E-state index in [4.69, 9.17) is 22.7 Å². The van der Waals surface area contributed by atoms with Gasteiger partial charge in [-0.1, -0.05) is 23.7 Å².